The smallest absolute Gasteiger partial charge is 0.214 e. The lowest BCUT2D eigenvalue weighted by Gasteiger charge is -2.16. The van der Waals surface area contributed by atoms with Crippen LogP contribution in [0.5, 0.6) is 11.5 Å². The predicted molar refractivity (Wildman–Crippen MR) is 116 cm³/mol. The molecule has 28 heavy (non-hydrogen) atoms. The summed E-state index contributed by atoms with van der Waals surface area (Å²) in [5.41, 5.74) is 6.64. The molecule has 3 rings (SSSR count). The van der Waals surface area contributed by atoms with Gasteiger partial charge < -0.3 is 14.9 Å². The Kier molecular flexibility index (Phi) is 6.74. The van der Waals surface area contributed by atoms with Crippen LogP contribution in [0.2, 0.25) is 0 Å². The van der Waals surface area contributed by atoms with Crippen molar-refractivity contribution in [2.24, 2.45) is 0 Å². The summed E-state index contributed by atoms with van der Waals surface area (Å²) in [6.07, 6.45) is 0. The number of nitrogens with zero attached hydrogens (tertiary/aromatic N) is 2. The average molecular weight is 463 g/mol. The van der Waals surface area contributed by atoms with Gasteiger partial charge in [-0.2, -0.15) is 5.10 Å². The second-order valence-corrected chi connectivity index (χ2v) is 7.53. The highest BCUT2D eigenvalue weighted by atomic mass is 79.9. The van der Waals surface area contributed by atoms with Crippen molar-refractivity contribution >= 4 is 28.1 Å². The molecule has 6 nitrogen and oxygen atoms in total. The van der Waals surface area contributed by atoms with Crippen LogP contribution >= 0.6 is 28.1 Å². The zero-order valence-corrected chi connectivity index (χ0v) is 18.5. The number of halogens is 1. The van der Waals surface area contributed by atoms with E-state index in [1.807, 2.05) is 38.1 Å². The Bertz CT molecular complexity index is 1020. The van der Waals surface area contributed by atoms with E-state index in [1.165, 1.54) is 5.56 Å². The highest BCUT2D eigenvalue weighted by Crippen LogP contribution is 2.34. The molecule has 0 aliphatic heterocycles. The molecule has 1 heterocycles. The number of aryl methyl sites for hydroxylation is 2. The molecule has 0 aliphatic rings. The lowest BCUT2D eigenvalue weighted by atomic mass is 10.1. The van der Waals surface area contributed by atoms with Gasteiger partial charge in [0.1, 0.15) is 12.4 Å². The van der Waals surface area contributed by atoms with E-state index in [9.17, 15) is 0 Å². The number of H-pyrrole nitrogens is 1. The fourth-order valence-corrected chi connectivity index (χ4v) is 3.45. The molecular weight excluding hydrogens is 440 g/mol. The SMILES string of the molecule is CCOc1cc(CNn2c(C)n[nH]c2=S)c(Br)cc1OCc1ccccc1C. The molecule has 0 aliphatic carbocycles. The molecule has 0 spiro atoms. The maximum absolute atomic E-state index is 6.07. The topological polar surface area (TPSA) is 64.1 Å². The maximum Gasteiger partial charge on any atom is 0.214 e. The number of rotatable bonds is 8. The number of ether oxygens (including phenoxy) is 2. The number of hydrogen-bond donors (Lipinski definition) is 2. The van der Waals surface area contributed by atoms with Gasteiger partial charge in [-0.25, -0.2) is 4.68 Å². The quantitative estimate of drug-likeness (QED) is 0.459. The third-order valence-electron chi connectivity index (χ3n) is 4.32. The number of aromatic nitrogens is 3. The number of nitrogens with one attached hydrogen (secondary N) is 2. The van der Waals surface area contributed by atoms with Gasteiger partial charge in [-0.3, -0.25) is 5.10 Å². The number of aromatic amines is 1. The molecule has 3 aromatic rings. The minimum absolute atomic E-state index is 0.486. The van der Waals surface area contributed by atoms with E-state index in [1.54, 1.807) is 4.68 Å². The highest BCUT2D eigenvalue weighted by Gasteiger charge is 2.12. The molecule has 0 saturated heterocycles. The number of hydrogen-bond acceptors (Lipinski definition) is 5. The first-order chi connectivity index (χ1) is 13.5. The molecule has 0 atom stereocenters. The lowest BCUT2D eigenvalue weighted by Crippen LogP contribution is -2.16. The van der Waals surface area contributed by atoms with E-state index >= 15 is 0 Å². The van der Waals surface area contributed by atoms with Crippen LogP contribution < -0.4 is 14.9 Å². The first-order valence-corrected chi connectivity index (χ1v) is 10.2. The van der Waals surface area contributed by atoms with Crippen LogP contribution in [0.15, 0.2) is 40.9 Å². The van der Waals surface area contributed by atoms with E-state index in [2.05, 4.69) is 50.6 Å². The highest BCUT2D eigenvalue weighted by molar-refractivity contribution is 9.10. The lowest BCUT2D eigenvalue weighted by molar-refractivity contribution is 0.268. The summed E-state index contributed by atoms with van der Waals surface area (Å²) in [6, 6.07) is 12.1. The van der Waals surface area contributed by atoms with Gasteiger partial charge >= 0.3 is 0 Å². The van der Waals surface area contributed by atoms with Crippen molar-refractivity contribution < 1.29 is 9.47 Å². The van der Waals surface area contributed by atoms with E-state index in [-0.39, 0.29) is 0 Å². The molecule has 8 heteroatoms. The molecule has 1 aromatic heterocycles. The van der Waals surface area contributed by atoms with Gasteiger partial charge in [0.2, 0.25) is 4.77 Å². The first-order valence-electron chi connectivity index (χ1n) is 9.00. The van der Waals surface area contributed by atoms with Gasteiger partial charge in [0.25, 0.3) is 0 Å². The van der Waals surface area contributed by atoms with E-state index < -0.39 is 0 Å². The molecule has 0 saturated carbocycles. The van der Waals surface area contributed by atoms with Crippen molar-refractivity contribution in [3.8, 4) is 11.5 Å². The standard InChI is InChI=1S/C20H23BrN4O2S/c1-4-26-18-9-16(11-22-25-14(3)23-24-20(25)28)17(21)10-19(18)27-12-15-8-6-5-7-13(15)2/h5-10,22H,4,11-12H2,1-3H3,(H,24,28). The molecule has 0 unspecified atom stereocenters. The molecular formula is C20H23BrN4O2S. The van der Waals surface area contributed by atoms with Gasteiger partial charge in [-0.1, -0.05) is 40.2 Å². The van der Waals surface area contributed by atoms with Gasteiger partial charge in [-0.15, -0.1) is 0 Å². The summed E-state index contributed by atoms with van der Waals surface area (Å²) in [5.74, 6) is 2.18. The van der Waals surface area contributed by atoms with Crippen LogP contribution in [-0.4, -0.2) is 21.5 Å². The minimum atomic E-state index is 0.486. The van der Waals surface area contributed by atoms with Crippen molar-refractivity contribution in [1.82, 2.24) is 14.9 Å². The fourth-order valence-electron chi connectivity index (χ4n) is 2.75. The Morgan fingerprint density at radius 2 is 1.89 bits per heavy atom. The molecule has 148 valence electrons. The molecule has 2 aromatic carbocycles. The average Bonchev–Trinajstić information content (AvgIpc) is 2.99. The Labute approximate surface area is 178 Å². The summed E-state index contributed by atoms with van der Waals surface area (Å²) >= 11 is 8.87. The van der Waals surface area contributed by atoms with E-state index in [0.29, 0.717) is 36.0 Å². The van der Waals surface area contributed by atoms with Gasteiger partial charge in [0.05, 0.1) is 13.2 Å². The van der Waals surface area contributed by atoms with Crippen molar-refractivity contribution in [2.75, 3.05) is 12.0 Å². The third kappa shape index (κ3) is 4.74. The van der Waals surface area contributed by atoms with Gasteiger partial charge in [0, 0.05) is 4.47 Å². The van der Waals surface area contributed by atoms with Crippen LogP contribution in [0.1, 0.15) is 29.4 Å². The molecule has 0 amide bonds. The van der Waals surface area contributed by atoms with Crippen molar-refractivity contribution in [3.63, 3.8) is 0 Å². The summed E-state index contributed by atoms with van der Waals surface area (Å²) in [4.78, 5) is 0. The van der Waals surface area contributed by atoms with Crippen LogP contribution in [0.3, 0.4) is 0 Å². The van der Waals surface area contributed by atoms with Crippen molar-refractivity contribution in [3.05, 3.63) is 68.2 Å². The fraction of sp³-hybridized carbons (Fsp3) is 0.300. The predicted octanol–water partition coefficient (Wildman–Crippen LogP) is 5.04. The van der Waals surface area contributed by atoms with Gasteiger partial charge in [0.15, 0.2) is 11.5 Å². The molecule has 0 fully saturated rings. The largest absolute Gasteiger partial charge is 0.490 e. The monoisotopic (exact) mass is 462 g/mol. The van der Waals surface area contributed by atoms with Crippen LogP contribution in [0, 0.1) is 18.6 Å². The van der Waals surface area contributed by atoms with Crippen molar-refractivity contribution in [2.45, 2.75) is 33.9 Å². The Morgan fingerprint density at radius 1 is 1.14 bits per heavy atom. The van der Waals surface area contributed by atoms with E-state index in [4.69, 9.17) is 21.7 Å². The second kappa shape index (κ2) is 9.25. The molecule has 0 bridgehead atoms. The Balaban J connectivity index is 1.79. The van der Waals surface area contributed by atoms with Gasteiger partial charge in [-0.05, 0) is 61.8 Å². The summed E-state index contributed by atoms with van der Waals surface area (Å²) in [5, 5.41) is 6.86. The van der Waals surface area contributed by atoms with Crippen LogP contribution in [0.25, 0.3) is 0 Å². The maximum atomic E-state index is 6.07. The van der Waals surface area contributed by atoms with Crippen molar-refractivity contribution in [1.29, 1.82) is 0 Å². The second-order valence-electron chi connectivity index (χ2n) is 6.28. The normalized spacial score (nSPS) is 10.7. The summed E-state index contributed by atoms with van der Waals surface area (Å²) in [6.45, 7) is 7.51. The van der Waals surface area contributed by atoms with Crippen LogP contribution in [0.4, 0.5) is 0 Å². The Hall–Kier alpha value is -2.32. The third-order valence-corrected chi connectivity index (χ3v) is 5.34. The minimum Gasteiger partial charge on any atom is -0.490 e. The Morgan fingerprint density at radius 3 is 2.57 bits per heavy atom. The molecule has 0 radical (unpaired) electrons. The van der Waals surface area contributed by atoms with Crippen LogP contribution in [-0.2, 0) is 13.2 Å². The summed E-state index contributed by atoms with van der Waals surface area (Å²) in [7, 11) is 0. The number of benzene rings is 2. The summed E-state index contributed by atoms with van der Waals surface area (Å²) < 4.78 is 15.1. The first kappa shape index (κ1) is 20.4. The zero-order valence-electron chi connectivity index (χ0n) is 16.1. The zero-order chi connectivity index (χ0) is 20.1. The molecule has 2 N–H and O–H groups in total. The van der Waals surface area contributed by atoms with E-state index in [0.717, 1.165) is 21.4 Å².